The first-order chi connectivity index (χ1) is 7.09. The molecule has 0 radical (unpaired) electrons. The Kier molecular flexibility index (Phi) is 3.01. The molecular formula is C12H20N2S. The molecule has 2 heterocycles. The van der Waals surface area contributed by atoms with Crippen molar-refractivity contribution in [3.05, 3.63) is 11.2 Å². The van der Waals surface area contributed by atoms with Crippen molar-refractivity contribution in [2.75, 3.05) is 18.0 Å². The maximum Gasteiger partial charge on any atom is 0.115 e. The molecule has 84 valence electrons. The van der Waals surface area contributed by atoms with Crippen LogP contribution in [0.2, 0.25) is 0 Å². The molecule has 15 heavy (non-hydrogen) atoms. The largest absolute Gasteiger partial charge is 0.362 e. The summed E-state index contributed by atoms with van der Waals surface area (Å²) in [7, 11) is 0. The zero-order valence-electron chi connectivity index (χ0n) is 9.92. The van der Waals surface area contributed by atoms with Crippen molar-refractivity contribution in [3.8, 4) is 0 Å². The van der Waals surface area contributed by atoms with Gasteiger partial charge in [0.25, 0.3) is 0 Å². The van der Waals surface area contributed by atoms with E-state index in [4.69, 9.17) is 0 Å². The number of aromatic nitrogens is 1. The van der Waals surface area contributed by atoms with Crippen molar-refractivity contribution in [2.24, 2.45) is 0 Å². The van der Waals surface area contributed by atoms with E-state index in [1.165, 1.54) is 43.0 Å². The van der Waals surface area contributed by atoms with Gasteiger partial charge in [-0.1, -0.05) is 20.8 Å². The number of thiazole rings is 1. The van der Waals surface area contributed by atoms with Gasteiger partial charge in [-0.15, -0.1) is 11.3 Å². The topological polar surface area (TPSA) is 16.1 Å². The van der Waals surface area contributed by atoms with Gasteiger partial charge in [0.05, 0.1) is 11.2 Å². The predicted octanol–water partition coefficient (Wildman–Crippen LogP) is 3.43. The second-order valence-corrected chi connectivity index (χ2v) is 6.14. The third-order valence-corrected chi connectivity index (χ3v) is 3.79. The first-order valence-electron chi connectivity index (χ1n) is 5.78. The van der Waals surface area contributed by atoms with Crippen LogP contribution in [0.5, 0.6) is 0 Å². The Labute approximate surface area is 96.3 Å². The molecule has 1 aliphatic rings. The summed E-state index contributed by atoms with van der Waals surface area (Å²) in [5.74, 6) is 0. The molecule has 2 rings (SSSR count). The molecule has 0 unspecified atom stereocenters. The molecule has 0 bridgehead atoms. The summed E-state index contributed by atoms with van der Waals surface area (Å²) in [4.78, 5) is 7.06. The van der Waals surface area contributed by atoms with Crippen LogP contribution in [-0.4, -0.2) is 18.1 Å². The molecule has 2 nitrogen and oxygen atoms in total. The van der Waals surface area contributed by atoms with Gasteiger partial charge in [-0.05, 0) is 19.3 Å². The molecule has 0 aliphatic carbocycles. The number of hydrogen-bond acceptors (Lipinski definition) is 3. The maximum atomic E-state index is 4.54. The van der Waals surface area contributed by atoms with Gasteiger partial charge < -0.3 is 4.90 Å². The van der Waals surface area contributed by atoms with Crippen LogP contribution < -0.4 is 4.90 Å². The highest BCUT2D eigenvalue weighted by Crippen LogP contribution is 2.35. The minimum atomic E-state index is 0.173. The summed E-state index contributed by atoms with van der Waals surface area (Å²) in [6, 6.07) is 0. The van der Waals surface area contributed by atoms with Crippen LogP contribution in [0.1, 0.15) is 45.7 Å². The van der Waals surface area contributed by atoms with Gasteiger partial charge in [0.2, 0.25) is 0 Å². The zero-order valence-corrected chi connectivity index (χ0v) is 10.7. The van der Waals surface area contributed by atoms with Crippen molar-refractivity contribution < 1.29 is 0 Å². The molecule has 1 saturated heterocycles. The molecule has 0 amide bonds. The van der Waals surface area contributed by atoms with Crippen LogP contribution in [0, 0.1) is 0 Å². The molecule has 0 spiro atoms. The van der Waals surface area contributed by atoms with Gasteiger partial charge in [0, 0.05) is 18.5 Å². The quantitative estimate of drug-likeness (QED) is 0.726. The van der Waals surface area contributed by atoms with E-state index in [0.29, 0.717) is 0 Å². The number of anilines is 1. The van der Waals surface area contributed by atoms with Crippen molar-refractivity contribution in [3.63, 3.8) is 0 Å². The third-order valence-electron chi connectivity index (χ3n) is 2.90. The highest BCUT2D eigenvalue weighted by atomic mass is 32.1. The lowest BCUT2D eigenvalue weighted by Gasteiger charge is -2.30. The monoisotopic (exact) mass is 224 g/mol. The summed E-state index contributed by atoms with van der Waals surface area (Å²) < 4.78 is 0. The van der Waals surface area contributed by atoms with E-state index in [-0.39, 0.29) is 5.41 Å². The molecule has 1 aromatic heterocycles. The second kappa shape index (κ2) is 4.12. The Morgan fingerprint density at radius 2 is 1.87 bits per heavy atom. The lowest BCUT2D eigenvalue weighted by atomic mass is 9.92. The zero-order chi connectivity index (χ0) is 10.9. The fraction of sp³-hybridized carbons (Fsp3) is 0.750. The van der Waals surface area contributed by atoms with Crippen LogP contribution >= 0.6 is 11.3 Å². The average molecular weight is 224 g/mol. The molecule has 1 aliphatic heterocycles. The van der Waals surface area contributed by atoms with Crippen molar-refractivity contribution in [1.29, 1.82) is 0 Å². The number of piperidine rings is 1. The molecule has 0 saturated carbocycles. The summed E-state index contributed by atoms with van der Waals surface area (Å²) in [5.41, 5.74) is 3.44. The fourth-order valence-corrected chi connectivity index (χ4v) is 3.14. The highest BCUT2D eigenvalue weighted by Gasteiger charge is 2.24. The molecule has 3 heteroatoms. The van der Waals surface area contributed by atoms with E-state index < -0.39 is 0 Å². The van der Waals surface area contributed by atoms with E-state index in [1.807, 2.05) is 5.51 Å². The Bertz CT molecular complexity index is 319. The van der Waals surface area contributed by atoms with Gasteiger partial charge in [-0.25, -0.2) is 4.98 Å². The van der Waals surface area contributed by atoms with Crippen molar-refractivity contribution in [2.45, 2.75) is 45.4 Å². The number of hydrogen-bond donors (Lipinski definition) is 0. The molecule has 1 aromatic rings. The standard InChI is InChI=1S/C12H20N2S/c1-12(2,3)10-11(15-9-13-10)14-7-5-4-6-8-14/h9H,4-8H2,1-3H3. The summed E-state index contributed by atoms with van der Waals surface area (Å²) in [5, 5.41) is 1.40. The lowest BCUT2D eigenvalue weighted by Crippen LogP contribution is -2.30. The maximum absolute atomic E-state index is 4.54. The van der Waals surface area contributed by atoms with Gasteiger partial charge in [-0.2, -0.15) is 0 Å². The van der Waals surface area contributed by atoms with E-state index in [2.05, 4.69) is 30.7 Å². The minimum absolute atomic E-state index is 0.173. The summed E-state index contributed by atoms with van der Waals surface area (Å²) in [6.07, 6.45) is 4.06. The Balaban J connectivity index is 2.24. The minimum Gasteiger partial charge on any atom is -0.362 e. The summed E-state index contributed by atoms with van der Waals surface area (Å²) in [6.45, 7) is 9.16. The Morgan fingerprint density at radius 3 is 2.47 bits per heavy atom. The van der Waals surface area contributed by atoms with E-state index in [1.54, 1.807) is 11.3 Å². The van der Waals surface area contributed by atoms with Crippen LogP contribution in [0.4, 0.5) is 5.00 Å². The molecule has 1 fully saturated rings. The van der Waals surface area contributed by atoms with Crippen LogP contribution in [0.15, 0.2) is 5.51 Å². The molecule has 0 aromatic carbocycles. The van der Waals surface area contributed by atoms with Gasteiger partial charge in [0.15, 0.2) is 0 Å². The summed E-state index contributed by atoms with van der Waals surface area (Å²) >= 11 is 1.80. The number of rotatable bonds is 1. The van der Waals surface area contributed by atoms with E-state index >= 15 is 0 Å². The Hall–Kier alpha value is -0.570. The van der Waals surface area contributed by atoms with Gasteiger partial charge in [0.1, 0.15) is 5.00 Å². The first-order valence-corrected chi connectivity index (χ1v) is 6.66. The first kappa shape index (κ1) is 10.9. The van der Waals surface area contributed by atoms with Gasteiger partial charge >= 0.3 is 0 Å². The van der Waals surface area contributed by atoms with Crippen LogP contribution in [0.3, 0.4) is 0 Å². The highest BCUT2D eigenvalue weighted by molar-refractivity contribution is 7.14. The average Bonchev–Trinajstić information content (AvgIpc) is 2.67. The van der Waals surface area contributed by atoms with Crippen LogP contribution in [0.25, 0.3) is 0 Å². The van der Waals surface area contributed by atoms with Crippen molar-refractivity contribution in [1.82, 2.24) is 4.98 Å². The molecular weight excluding hydrogens is 204 g/mol. The Morgan fingerprint density at radius 1 is 1.20 bits per heavy atom. The second-order valence-electron chi connectivity index (χ2n) is 5.30. The van der Waals surface area contributed by atoms with Crippen LogP contribution in [-0.2, 0) is 5.41 Å². The third kappa shape index (κ3) is 2.33. The predicted molar refractivity (Wildman–Crippen MR) is 66.9 cm³/mol. The molecule has 0 N–H and O–H groups in total. The van der Waals surface area contributed by atoms with E-state index in [9.17, 15) is 0 Å². The van der Waals surface area contributed by atoms with Crippen molar-refractivity contribution >= 4 is 16.3 Å². The van der Waals surface area contributed by atoms with Gasteiger partial charge in [-0.3, -0.25) is 0 Å². The van der Waals surface area contributed by atoms with E-state index in [0.717, 1.165) is 0 Å². The normalized spacial score (nSPS) is 18.2. The number of nitrogens with zero attached hydrogens (tertiary/aromatic N) is 2. The lowest BCUT2D eigenvalue weighted by molar-refractivity contribution is 0.550. The molecule has 0 atom stereocenters. The smallest absolute Gasteiger partial charge is 0.115 e. The fourth-order valence-electron chi connectivity index (χ4n) is 2.08. The SMILES string of the molecule is CC(C)(C)c1ncsc1N1CCCCC1.